The Kier molecular flexibility index (Phi) is 3.16. The minimum Gasteiger partial charge on any atom is -0.341 e. The molecule has 3 heteroatoms. The van der Waals surface area contributed by atoms with Crippen molar-refractivity contribution in [2.45, 2.75) is 45.4 Å². The molecular weight excluding hydrogens is 226 g/mol. The van der Waals surface area contributed by atoms with Crippen LogP contribution >= 0.6 is 0 Å². The number of likely N-dealkylation sites (tertiary alicyclic amines) is 1. The number of fused-ring (bicyclic) bond motifs is 1. The smallest absolute Gasteiger partial charge is 0.226 e. The first-order valence-electron chi connectivity index (χ1n) is 7.54. The molecule has 0 aromatic heterocycles. The first-order chi connectivity index (χ1) is 8.72. The number of rotatable bonds is 2. The maximum Gasteiger partial charge on any atom is 0.226 e. The Morgan fingerprint density at radius 1 is 1.28 bits per heavy atom. The lowest BCUT2D eigenvalue weighted by atomic mass is 9.94. The van der Waals surface area contributed by atoms with Crippen LogP contribution in [0, 0.1) is 23.7 Å². The largest absolute Gasteiger partial charge is 0.341 e. The second-order valence-corrected chi connectivity index (χ2v) is 6.24. The summed E-state index contributed by atoms with van der Waals surface area (Å²) in [6.07, 6.45) is 6.57. The van der Waals surface area contributed by atoms with Crippen molar-refractivity contribution in [1.29, 1.82) is 0 Å². The molecule has 2 saturated carbocycles. The molecule has 0 aromatic carbocycles. The maximum absolute atomic E-state index is 12.5. The molecule has 100 valence electrons. The molecule has 0 bridgehead atoms. The second-order valence-electron chi connectivity index (χ2n) is 6.24. The fourth-order valence-corrected chi connectivity index (χ4v) is 4.03. The summed E-state index contributed by atoms with van der Waals surface area (Å²) in [4.78, 5) is 26.2. The van der Waals surface area contributed by atoms with E-state index in [0.717, 1.165) is 6.42 Å². The average molecular weight is 249 g/mol. The molecule has 2 aliphatic carbocycles. The van der Waals surface area contributed by atoms with E-state index in [-0.39, 0.29) is 5.92 Å². The molecule has 3 atom stereocenters. The van der Waals surface area contributed by atoms with E-state index in [1.165, 1.54) is 25.7 Å². The van der Waals surface area contributed by atoms with Gasteiger partial charge in [-0.1, -0.05) is 19.8 Å². The molecule has 3 aliphatic rings. The zero-order valence-electron chi connectivity index (χ0n) is 11.2. The van der Waals surface area contributed by atoms with Crippen LogP contribution in [0.25, 0.3) is 0 Å². The van der Waals surface area contributed by atoms with Gasteiger partial charge in [0.25, 0.3) is 0 Å². The Bertz CT molecular complexity index is 354. The maximum atomic E-state index is 12.5. The number of hydrogen-bond donors (Lipinski definition) is 0. The lowest BCUT2D eigenvalue weighted by Crippen LogP contribution is -2.44. The van der Waals surface area contributed by atoms with Gasteiger partial charge in [0.1, 0.15) is 5.78 Å². The third-order valence-corrected chi connectivity index (χ3v) is 5.27. The number of hydrogen-bond acceptors (Lipinski definition) is 2. The Hall–Kier alpha value is -0.860. The molecule has 3 unspecified atom stereocenters. The van der Waals surface area contributed by atoms with Crippen molar-refractivity contribution in [2.75, 3.05) is 13.1 Å². The number of ketones is 1. The van der Waals surface area contributed by atoms with Gasteiger partial charge in [-0.2, -0.15) is 0 Å². The summed E-state index contributed by atoms with van der Waals surface area (Å²) < 4.78 is 0. The lowest BCUT2D eigenvalue weighted by Gasteiger charge is -2.31. The van der Waals surface area contributed by atoms with Crippen LogP contribution in [0.3, 0.4) is 0 Å². The van der Waals surface area contributed by atoms with E-state index in [2.05, 4.69) is 0 Å². The summed E-state index contributed by atoms with van der Waals surface area (Å²) in [5.41, 5.74) is 0. The van der Waals surface area contributed by atoms with Crippen LogP contribution in [0.2, 0.25) is 0 Å². The van der Waals surface area contributed by atoms with Crippen molar-refractivity contribution in [3.63, 3.8) is 0 Å². The highest BCUT2D eigenvalue weighted by Crippen LogP contribution is 2.56. The van der Waals surface area contributed by atoms with Gasteiger partial charge >= 0.3 is 0 Å². The van der Waals surface area contributed by atoms with Gasteiger partial charge in [0, 0.05) is 31.3 Å². The van der Waals surface area contributed by atoms with Crippen molar-refractivity contribution < 1.29 is 9.59 Å². The van der Waals surface area contributed by atoms with Crippen molar-refractivity contribution in [2.24, 2.45) is 23.7 Å². The highest BCUT2D eigenvalue weighted by molar-refractivity contribution is 5.87. The summed E-state index contributed by atoms with van der Waals surface area (Å²) in [6, 6.07) is 0. The number of Topliss-reactive ketones (excluding diaryl/α,β-unsaturated/α-hetero) is 1. The van der Waals surface area contributed by atoms with E-state index in [4.69, 9.17) is 0 Å². The van der Waals surface area contributed by atoms with E-state index in [1.807, 2.05) is 11.8 Å². The number of piperidine rings is 1. The molecule has 3 nitrogen and oxygen atoms in total. The van der Waals surface area contributed by atoms with Crippen LogP contribution < -0.4 is 0 Å². The topological polar surface area (TPSA) is 37.4 Å². The van der Waals surface area contributed by atoms with Gasteiger partial charge < -0.3 is 4.90 Å². The first kappa shape index (κ1) is 12.2. The molecule has 1 heterocycles. The number of nitrogens with zero attached hydrogens (tertiary/aromatic N) is 1. The van der Waals surface area contributed by atoms with Gasteiger partial charge in [-0.25, -0.2) is 0 Å². The standard InChI is InChI=1S/C15H23NO2/c1-2-10-9-16(8-7-13(10)17)15(18)14-11-5-3-4-6-12(11)14/h10-12,14H,2-9H2,1H3. The minimum atomic E-state index is 0.100. The predicted molar refractivity (Wildman–Crippen MR) is 68.9 cm³/mol. The highest BCUT2D eigenvalue weighted by atomic mass is 16.2. The Morgan fingerprint density at radius 3 is 2.56 bits per heavy atom. The van der Waals surface area contributed by atoms with Crippen LogP contribution in [-0.2, 0) is 9.59 Å². The summed E-state index contributed by atoms with van der Waals surface area (Å²) >= 11 is 0. The van der Waals surface area contributed by atoms with Crippen LogP contribution in [-0.4, -0.2) is 29.7 Å². The monoisotopic (exact) mass is 249 g/mol. The van der Waals surface area contributed by atoms with Gasteiger partial charge in [0.2, 0.25) is 5.91 Å². The molecule has 1 saturated heterocycles. The van der Waals surface area contributed by atoms with Crippen molar-refractivity contribution in [3.8, 4) is 0 Å². The fraction of sp³-hybridized carbons (Fsp3) is 0.867. The van der Waals surface area contributed by atoms with Gasteiger partial charge in [-0.15, -0.1) is 0 Å². The van der Waals surface area contributed by atoms with Gasteiger partial charge in [-0.3, -0.25) is 9.59 Å². The third-order valence-electron chi connectivity index (χ3n) is 5.27. The van der Waals surface area contributed by atoms with E-state index in [0.29, 0.717) is 49.0 Å². The minimum absolute atomic E-state index is 0.100. The molecule has 0 radical (unpaired) electrons. The molecule has 0 aromatic rings. The quantitative estimate of drug-likeness (QED) is 0.752. The molecule has 1 aliphatic heterocycles. The fourth-order valence-electron chi connectivity index (χ4n) is 4.03. The van der Waals surface area contributed by atoms with Gasteiger partial charge in [-0.05, 0) is 31.1 Å². The van der Waals surface area contributed by atoms with E-state index >= 15 is 0 Å². The van der Waals surface area contributed by atoms with E-state index in [1.54, 1.807) is 0 Å². The number of carbonyl (C=O) groups is 2. The van der Waals surface area contributed by atoms with Crippen LogP contribution in [0.5, 0.6) is 0 Å². The second kappa shape index (κ2) is 4.67. The summed E-state index contributed by atoms with van der Waals surface area (Å²) in [5.74, 6) is 2.50. The lowest BCUT2D eigenvalue weighted by molar-refractivity contribution is -0.138. The predicted octanol–water partition coefficient (Wildman–Crippen LogP) is 2.25. The van der Waals surface area contributed by atoms with Crippen LogP contribution in [0.15, 0.2) is 0 Å². The summed E-state index contributed by atoms with van der Waals surface area (Å²) in [6.45, 7) is 3.40. The van der Waals surface area contributed by atoms with E-state index in [9.17, 15) is 9.59 Å². The Morgan fingerprint density at radius 2 is 1.94 bits per heavy atom. The van der Waals surface area contributed by atoms with Crippen molar-refractivity contribution >= 4 is 11.7 Å². The Labute approximate surface area is 109 Å². The molecule has 3 fully saturated rings. The summed E-state index contributed by atoms with van der Waals surface area (Å²) in [7, 11) is 0. The zero-order chi connectivity index (χ0) is 12.7. The average Bonchev–Trinajstić information content (AvgIpc) is 3.12. The van der Waals surface area contributed by atoms with E-state index < -0.39 is 0 Å². The van der Waals surface area contributed by atoms with Crippen molar-refractivity contribution in [1.82, 2.24) is 4.90 Å². The first-order valence-corrected chi connectivity index (χ1v) is 7.54. The molecule has 1 amide bonds. The number of amides is 1. The van der Waals surface area contributed by atoms with Crippen molar-refractivity contribution in [3.05, 3.63) is 0 Å². The SMILES string of the molecule is CCC1CN(C(=O)C2C3CCCCC32)CCC1=O. The van der Waals surface area contributed by atoms with Crippen LogP contribution in [0.4, 0.5) is 0 Å². The third kappa shape index (κ3) is 1.98. The highest BCUT2D eigenvalue weighted by Gasteiger charge is 2.56. The zero-order valence-corrected chi connectivity index (χ0v) is 11.2. The molecule has 18 heavy (non-hydrogen) atoms. The molecule has 0 spiro atoms. The van der Waals surface area contributed by atoms with Gasteiger partial charge in [0.15, 0.2) is 0 Å². The normalized spacial score (nSPS) is 39.4. The number of carbonyl (C=O) groups excluding carboxylic acids is 2. The summed E-state index contributed by atoms with van der Waals surface area (Å²) in [5, 5.41) is 0. The van der Waals surface area contributed by atoms with Crippen LogP contribution in [0.1, 0.15) is 45.4 Å². The molecular formula is C15H23NO2. The molecule has 0 N–H and O–H groups in total. The molecule has 3 rings (SSSR count). The van der Waals surface area contributed by atoms with Gasteiger partial charge in [0.05, 0.1) is 0 Å². The Balaban J connectivity index is 1.61.